The molecule has 30 heavy (non-hydrogen) atoms. The summed E-state index contributed by atoms with van der Waals surface area (Å²) in [4.78, 5) is 40.5. The maximum absolute atomic E-state index is 13.5. The van der Waals surface area contributed by atoms with Gasteiger partial charge in [0.25, 0.3) is 0 Å². The third kappa shape index (κ3) is 3.10. The normalized spacial score (nSPS) is 28.0. The minimum Gasteiger partial charge on any atom is -0.465 e. The zero-order valence-corrected chi connectivity index (χ0v) is 16.8. The van der Waals surface area contributed by atoms with E-state index in [0.29, 0.717) is 5.56 Å². The molecule has 0 radical (unpaired) electrons. The molecule has 2 aromatic carbocycles. The number of likely N-dealkylation sites (tertiary alicyclic amines) is 1. The molecule has 7 heteroatoms. The van der Waals surface area contributed by atoms with Crippen LogP contribution in [0.15, 0.2) is 54.6 Å². The Balaban J connectivity index is 1.85. The van der Waals surface area contributed by atoms with E-state index in [-0.39, 0.29) is 18.9 Å². The fourth-order valence-corrected chi connectivity index (χ4v) is 4.70. The molecule has 0 aliphatic carbocycles. The number of nitrogens with zero attached hydrogens (tertiary/aromatic N) is 1. The van der Waals surface area contributed by atoms with Gasteiger partial charge in [-0.25, -0.2) is 4.39 Å². The van der Waals surface area contributed by atoms with E-state index in [1.165, 1.54) is 19.2 Å². The fourth-order valence-electron chi connectivity index (χ4n) is 4.70. The van der Waals surface area contributed by atoms with Gasteiger partial charge in [-0.05, 0) is 30.2 Å². The molecule has 2 heterocycles. The van der Waals surface area contributed by atoms with Crippen LogP contribution in [0.1, 0.15) is 24.1 Å². The highest BCUT2D eigenvalue weighted by Gasteiger charge is 2.68. The van der Waals surface area contributed by atoms with Gasteiger partial charge in [-0.15, -0.1) is 0 Å². The van der Waals surface area contributed by atoms with Gasteiger partial charge >= 0.3 is 5.97 Å². The summed E-state index contributed by atoms with van der Waals surface area (Å²) >= 11 is 0. The predicted molar refractivity (Wildman–Crippen MR) is 107 cm³/mol. The zero-order valence-electron chi connectivity index (χ0n) is 16.8. The average Bonchev–Trinajstić information content (AvgIpc) is 3.20. The SMILES string of the molecule is CCOC(=O)[C@@]1(Cc2ccccc2)N[C@@H](c2ccc(F)cc2)[C@H]2C(=O)N(C)C(=O)[C@@H]21. The van der Waals surface area contributed by atoms with Crippen molar-refractivity contribution in [1.82, 2.24) is 10.2 Å². The van der Waals surface area contributed by atoms with Gasteiger partial charge in [0.15, 0.2) is 0 Å². The molecule has 4 atom stereocenters. The third-order valence-electron chi connectivity index (χ3n) is 6.07. The Bertz CT molecular complexity index is 978. The smallest absolute Gasteiger partial charge is 0.327 e. The molecule has 2 aromatic rings. The van der Waals surface area contributed by atoms with Gasteiger partial charge in [-0.1, -0.05) is 42.5 Å². The van der Waals surface area contributed by atoms with Crippen LogP contribution < -0.4 is 5.32 Å². The predicted octanol–water partition coefficient (Wildman–Crippen LogP) is 2.25. The van der Waals surface area contributed by atoms with Crippen molar-refractivity contribution in [2.24, 2.45) is 11.8 Å². The van der Waals surface area contributed by atoms with Crippen molar-refractivity contribution < 1.29 is 23.5 Å². The molecule has 0 saturated carbocycles. The van der Waals surface area contributed by atoms with Crippen molar-refractivity contribution in [3.8, 4) is 0 Å². The molecule has 2 aliphatic rings. The highest BCUT2D eigenvalue weighted by molar-refractivity contribution is 6.09. The molecule has 0 bridgehead atoms. The Morgan fingerprint density at radius 3 is 2.40 bits per heavy atom. The van der Waals surface area contributed by atoms with Crippen LogP contribution in [0.5, 0.6) is 0 Å². The van der Waals surface area contributed by atoms with E-state index in [9.17, 15) is 18.8 Å². The van der Waals surface area contributed by atoms with Gasteiger partial charge in [-0.2, -0.15) is 0 Å². The number of fused-ring (bicyclic) bond motifs is 1. The zero-order chi connectivity index (χ0) is 21.5. The number of imide groups is 1. The van der Waals surface area contributed by atoms with E-state index < -0.39 is 41.1 Å². The summed E-state index contributed by atoms with van der Waals surface area (Å²) in [5.41, 5.74) is 0.0759. The number of hydrogen-bond donors (Lipinski definition) is 1. The Labute approximate surface area is 174 Å². The van der Waals surface area contributed by atoms with Crippen LogP contribution in [0, 0.1) is 17.7 Å². The monoisotopic (exact) mass is 410 g/mol. The van der Waals surface area contributed by atoms with Gasteiger partial charge in [0.2, 0.25) is 11.8 Å². The van der Waals surface area contributed by atoms with Crippen LogP contribution in [0.2, 0.25) is 0 Å². The molecular formula is C23H23FN2O4. The molecule has 0 aromatic heterocycles. The molecule has 4 rings (SSSR count). The average molecular weight is 410 g/mol. The number of carbonyl (C=O) groups is 3. The van der Waals surface area contributed by atoms with Crippen molar-refractivity contribution in [1.29, 1.82) is 0 Å². The number of hydrogen-bond acceptors (Lipinski definition) is 5. The van der Waals surface area contributed by atoms with Crippen molar-refractivity contribution in [2.75, 3.05) is 13.7 Å². The molecular weight excluding hydrogens is 387 g/mol. The van der Waals surface area contributed by atoms with Crippen LogP contribution in [0.3, 0.4) is 0 Å². The minimum atomic E-state index is -1.40. The Kier molecular flexibility index (Phi) is 5.15. The second-order valence-corrected chi connectivity index (χ2v) is 7.77. The summed E-state index contributed by atoms with van der Waals surface area (Å²) in [6.45, 7) is 1.85. The topological polar surface area (TPSA) is 75.7 Å². The second kappa shape index (κ2) is 7.65. The lowest BCUT2D eigenvalue weighted by Crippen LogP contribution is -2.57. The summed E-state index contributed by atoms with van der Waals surface area (Å²) in [5.74, 6) is -3.42. The molecule has 0 spiro atoms. The largest absolute Gasteiger partial charge is 0.465 e. The van der Waals surface area contributed by atoms with E-state index in [1.54, 1.807) is 19.1 Å². The van der Waals surface area contributed by atoms with Crippen molar-refractivity contribution in [3.63, 3.8) is 0 Å². The highest BCUT2D eigenvalue weighted by Crippen LogP contribution is 2.50. The Hall–Kier alpha value is -3.06. The minimum absolute atomic E-state index is 0.146. The van der Waals surface area contributed by atoms with E-state index in [2.05, 4.69) is 5.32 Å². The van der Waals surface area contributed by atoms with Crippen molar-refractivity contribution >= 4 is 17.8 Å². The van der Waals surface area contributed by atoms with Crippen LogP contribution in [0.25, 0.3) is 0 Å². The summed E-state index contributed by atoms with van der Waals surface area (Å²) in [7, 11) is 1.43. The molecule has 2 aliphatic heterocycles. The first-order valence-electron chi connectivity index (χ1n) is 9.94. The molecule has 1 N–H and O–H groups in total. The van der Waals surface area contributed by atoms with Crippen molar-refractivity contribution in [3.05, 3.63) is 71.5 Å². The van der Waals surface area contributed by atoms with Gasteiger partial charge in [0, 0.05) is 19.5 Å². The number of rotatable bonds is 5. The molecule has 156 valence electrons. The van der Waals surface area contributed by atoms with E-state index in [4.69, 9.17) is 4.74 Å². The molecule has 2 fully saturated rings. The highest BCUT2D eigenvalue weighted by atomic mass is 19.1. The summed E-state index contributed by atoms with van der Waals surface area (Å²) in [6.07, 6.45) is 0.193. The number of benzene rings is 2. The first-order chi connectivity index (χ1) is 14.4. The first kappa shape index (κ1) is 20.2. The standard InChI is InChI=1S/C23H23FN2O4/c1-3-30-22(29)23(13-14-7-5-4-6-8-14)18-17(20(27)26(2)21(18)28)19(25-23)15-9-11-16(24)12-10-15/h4-12,17-19,25H,3,13H2,1-2H3/t17-,18+,19-,23-/m0/s1. The lowest BCUT2D eigenvalue weighted by molar-refractivity contribution is -0.156. The van der Waals surface area contributed by atoms with Crippen LogP contribution in [-0.2, 0) is 25.5 Å². The van der Waals surface area contributed by atoms with E-state index in [0.717, 1.165) is 10.5 Å². The lowest BCUT2D eigenvalue weighted by atomic mass is 9.76. The van der Waals surface area contributed by atoms with Gasteiger partial charge in [0.1, 0.15) is 11.4 Å². The molecule has 0 unspecified atom stereocenters. The van der Waals surface area contributed by atoms with E-state index >= 15 is 0 Å². The summed E-state index contributed by atoms with van der Waals surface area (Å²) in [5, 5.41) is 3.29. The number of carbonyl (C=O) groups excluding carboxylic acids is 3. The quantitative estimate of drug-likeness (QED) is 0.605. The van der Waals surface area contributed by atoms with Gasteiger partial charge < -0.3 is 4.74 Å². The Morgan fingerprint density at radius 2 is 1.77 bits per heavy atom. The second-order valence-electron chi connectivity index (χ2n) is 7.77. The molecule has 2 saturated heterocycles. The fraction of sp³-hybridized carbons (Fsp3) is 0.348. The van der Waals surface area contributed by atoms with Crippen LogP contribution in [-0.4, -0.2) is 41.9 Å². The number of amides is 2. The Morgan fingerprint density at radius 1 is 1.10 bits per heavy atom. The maximum Gasteiger partial charge on any atom is 0.327 e. The third-order valence-corrected chi connectivity index (χ3v) is 6.07. The van der Waals surface area contributed by atoms with Gasteiger partial charge in [-0.3, -0.25) is 24.6 Å². The number of nitrogens with one attached hydrogen (secondary N) is 1. The van der Waals surface area contributed by atoms with E-state index in [1.807, 2.05) is 30.3 Å². The van der Waals surface area contributed by atoms with Crippen molar-refractivity contribution in [2.45, 2.75) is 24.9 Å². The maximum atomic E-state index is 13.5. The number of halogens is 1. The number of esters is 1. The molecule has 6 nitrogen and oxygen atoms in total. The first-order valence-corrected chi connectivity index (χ1v) is 9.94. The van der Waals surface area contributed by atoms with Gasteiger partial charge in [0.05, 0.1) is 18.4 Å². The van der Waals surface area contributed by atoms with Crippen LogP contribution in [0.4, 0.5) is 4.39 Å². The summed E-state index contributed by atoms with van der Waals surface area (Å²) < 4.78 is 18.9. The number of ether oxygens (including phenoxy) is 1. The van der Waals surface area contributed by atoms with Crippen LogP contribution >= 0.6 is 0 Å². The molecule has 2 amide bonds. The summed E-state index contributed by atoms with van der Waals surface area (Å²) in [6, 6.07) is 14.4. The lowest BCUT2D eigenvalue weighted by Gasteiger charge is -2.32.